The fourth-order valence-corrected chi connectivity index (χ4v) is 2.74. The van der Waals surface area contributed by atoms with Crippen LogP contribution in [0.3, 0.4) is 0 Å². The van der Waals surface area contributed by atoms with Crippen molar-refractivity contribution in [2.45, 2.75) is 32.4 Å². The number of carbonyl (C=O) groups excluding carboxylic acids is 1. The Kier molecular flexibility index (Phi) is 4.36. The SMILES string of the molecule is Cc1nccn1CCN(C)C(=O)N[C@@H](c1nccn1C)C1CC1. The second kappa shape index (κ2) is 6.44. The summed E-state index contributed by atoms with van der Waals surface area (Å²) in [6, 6.07) is -0.0531. The minimum absolute atomic E-state index is 0.0000638. The van der Waals surface area contributed by atoms with E-state index in [-0.39, 0.29) is 12.1 Å². The Morgan fingerprint density at radius 3 is 2.70 bits per heavy atom. The Morgan fingerprint density at radius 2 is 2.13 bits per heavy atom. The molecule has 7 heteroatoms. The second-order valence-electron chi connectivity index (χ2n) is 6.25. The topological polar surface area (TPSA) is 68.0 Å². The lowest BCUT2D eigenvalue weighted by Gasteiger charge is -2.23. The van der Waals surface area contributed by atoms with Crippen molar-refractivity contribution in [1.82, 2.24) is 29.3 Å². The molecule has 124 valence electrons. The van der Waals surface area contributed by atoms with E-state index in [1.54, 1.807) is 17.3 Å². The normalized spacial score (nSPS) is 15.4. The molecular formula is C16H24N6O. The fraction of sp³-hybridized carbons (Fsp3) is 0.562. The highest BCUT2D eigenvalue weighted by molar-refractivity contribution is 5.74. The number of aryl methyl sites for hydroxylation is 2. The number of carbonyl (C=O) groups is 1. The van der Waals surface area contributed by atoms with Gasteiger partial charge in [-0.2, -0.15) is 0 Å². The van der Waals surface area contributed by atoms with Crippen LogP contribution in [0.15, 0.2) is 24.8 Å². The molecule has 1 aliphatic rings. The van der Waals surface area contributed by atoms with Crippen molar-refractivity contribution in [1.29, 1.82) is 0 Å². The van der Waals surface area contributed by atoms with E-state index in [0.29, 0.717) is 12.5 Å². The van der Waals surface area contributed by atoms with Crippen molar-refractivity contribution in [3.8, 4) is 0 Å². The van der Waals surface area contributed by atoms with Gasteiger partial charge in [-0.25, -0.2) is 14.8 Å². The van der Waals surface area contributed by atoms with Crippen LogP contribution in [0.4, 0.5) is 4.79 Å². The lowest BCUT2D eigenvalue weighted by atomic mass is 10.1. The van der Waals surface area contributed by atoms with Gasteiger partial charge in [0.25, 0.3) is 0 Å². The molecule has 23 heavy (non-hydrogen) atoms. The molecule has 0 spiro atoms. The molecule has 1 saturated carbocycles. The largest absolute Gasteiger partial charge is 0.336 e. The van der Waals surface area contributed by atoms with Crippen LogP contribution < -0.4 is 5.32 Å². The average molecular weight is 316 g/mol. The van der Waals surface area contributed by atoms with E-state index in [1.807, 2.05) is 42.5 Å². The van der Waals surface area contributed by atoms with Gasteiger partial charge in [0, 0.05) is 52.0 Å². The fourth-order valence-electron chi connectivity index (χ4n) is 2.74. The maximum Gasteiger partial charge on any atom is 0.317 e. The van der Waals surface area contributed by atoms with Crippen molar-refractivity contribution in [3.05, 3.63) is 36.4 Å². The van der Waals surface area contributed by atoms with Gasteiger partial charge in [-0.3, -0.25) is 0 Å². The average Bonchev–Trinajstić information content (AvgIpc) is 3.16. The molecule has 2 aromatic heterocycles. The number of hydrogen-bond acceptors (Lipinski definition) is 3. The zero-order valence-electron chi connectivity index (χ0n) is 13.9. The number of urea groups is 1. The summed E-state index contributed by atoms with van der Waals surface area (Å²) in [7, 11) is 3.79. The van der Waals surface area contributed by atoms with Gasteiger partial charge in [-0.15, -0.1) is 0 Å². The van der Waals surface area contributed by atoms with Crippen molar-refractivity contribution in [3.63, 3.8) is 0 Å². The van der Waals surface area contributed by atoms with Crippen LogP contribution in [0, 0.1) is 12.8 Å². The van der Waals surface area contributed by atoms with E-state index >= 15 is 0 Å². The molecule has 0 bridgehead atoms. The zero-order chi connectivity index (χ0) is 16.4. The summed E-state index contributed by atoms with van der Waals surface area (Å²) < 4.78 is 4.03. The smallest absolute Gasteiger partial charge is 0.317 e. The standard InChI is InChI=1S/C16H24N6O/c1-12-17-7-9-22(12)11-10-21(3)16(23)19-14(13-4-5-13)15-18-6-8-20(15)2/h6-9,13-14H,4-5,10-11H2,1-3H3,(H,19,23)/t14-/m1/s1. The quantitative estimate of drug-likeness (QED) is 0.882. The predicted molar refractivity (Wildman–Crippen MR) is 86.8 cm³/mol. The van der Waals surface area contributed by atoms with Crippen molar-refractivity contribution >= 4 is 6.03 Å². The van der Waals surface area contributed by atoms with Crippen molar-refractivity contribution in [2.24, 2.45) is 13.0 Å². The van der Waals surface area contributed by atoms with Gasteiger partial charge in [0.1, 0.15) is 11.6 Å². The third-order valence-electron chi connectivity index (χ3n) is 4.46. The highest BCUT2D eigenvalue weighted by Crippen LogP contribution is 2.40. The summed E-state index contributed by atoms with van der Waals surface area (Å²) in [5.74, 6) is 2.40. The number of nitrogens with zero attached hydrogens (tertiary/aromatic N) is 5. The summed E-state index contributed by atoms with van der Waals surface area (Å²) in [6.07, 6.45) is 9.71. The Labute approximate surface area is 136 Å². The van der Waals surface area contributed by atoms with Crippen molar-refractivity contribution < 1.29 is 4.79 Å². The first kappa shape index (κ1) is 15.6. The third kappa shape index (κ3) is 3.55. The summed E-state index contributed by atoms with van der Waals surface area (Å²) in [4.78, 5) is 22.8. The molecule has 0 saturated heterocycles. The molecule has 3 rings (SSSR count). The van der Waals surface area contributed by atoms with E-state index in [2.05, 4.69) is 15.3 Å². The minimum Gasteiger partial charge on any atom is -0.336 e. The molecule has 0 unspecified atom stereocenters. The zero-order valence-corrected chi connectivity index (χ0v) is 13.9. The van der Waals surface area contributed by atoms with Gasteiger partial charge in [-0.1, -0.05) is 0 Å². The van der Waals surface area contributed by atoms with Crippen molar-refractivity contribution in [2.75, 3.05) is 13.6 Å². The molecule has 1 N–H and O–H groups in total. The van der Waals surface area contributed by atoms with E-state index in [4.69, 9.17) is 0 Å². The van der Waals surface area contributed by atoms with E-state index < -0.39 is 0 Å². The highest BCUT2D eigenvalue weighted by Gasteiger charge is 2.36. The number of amides is 2. The van der Waals surface area contributed by atoms with Gasteiger partial charge < -0.3 is 19.4 Å². The van der Waals surface area contributed by atoms with Crippen LogP contribution in [-0.4, -0.2) is 43.6 Å². The Bertz CT molecular complexity index is 672. The molecule has 7 nitrogen and oxygen atoms in total. The van der Waals surface area contributed by atoms with Crippen LogP contribution >= 0.6 is 0 Å². The van der Waals surface area contributed by atoms with Gasteiger partial charge in [-0.05, 0) is 25.7 Å². The number of nitrogens with one attached hydrogen (secondary N) is 1. The van der Waals surface area contributed by atoms with Crippen LogP contribution in [-0.2, 0) is 13.6 Å². The molecule has 2 heterocycles. The van der Waals surface area contributed by atoms with Gasteiger partial charge in [0.15, 0.2) is 0 Å². The molecular weight excluding hydrogens is 292 g/mol. The summed E-state index contributed by atoms with van der Waals surface area (Å²) in [5.41, 5.74) is 0. The summed E-state index contributed by atoms with van der Waals surface area (Å²) in [5, 5.41) is 3.15. The van der Waals surface area contributed by atoms with Crippen LogP contribution in [0.25, 0.3) is 0 Å². The molecule has 2 amide bonds. The minimum atomic E-state index is -0.0531. The second-order valence-corrected chi connectivity index (χ2v) is 6.25. The molecule has 2 aromatic rings. The molecule has 1 aliphatic carbocycles. The molecule has 0 aliphatic heterocycles. The number of likely N-dealkylation sites (N-methyl/N-ethyl adjacent to an activating group) is 1. The lowest BCUT2D eigenvalue weighted by molar-refractivity contribution is 0.200. The van der Waals surface area contributed by atoms with Crippen LogP contribution in [0.2, 0.25) is 0 Å². The van der Waals surface area contributed by atoms with Gasteiger partial charge in [0.05, 0.1) is 6.04 Å². The maximum atomic E-state index is 12.5. The predicted octanol–water partition coefficient (Wildman–Crippen LogP) is 1.72. The van der Waals surface area contributed by atoms with E-state index in [1.165, 1.54) is 0 Å². The molecule has 0 aromatic carbocycles. The first-order valence-corrected chi connectivity index (χ1v) is 8.03. The molecule has 1 atom stereocenters. The molecule has 1 fully saturated rings. The number of hydrogen-bond donors (Lipinski definition) is 1. The number of aromatic nitrogens is 4. The Balaban J connectivity index is 1.58. The summed E-state index contributed by atoms with van der Waals surface area (Å²) >= 11 is 0. The molecule has 0 radical (unpaired) electrons. The Morgan fingerprint density at radius 1 is 1.39 bits per heavy atom. The first-order valence-electron chi connectivity index (χ1n) is 8.03. The number of rotatable bonds is 6. The monoisotopic (exact) mass is 316 g/mol. The first-order chi connectivity index (χ1) is 11.1. The van der Waals surface area contributed by atoms with Crippen LogP contribution in [0.1, 0.15) is 30.5 Å². The Hall–Kier alpha value is -2.31. The lowest BCUT2D eigenvalue weighted by Crippen LogP contribution is -2.42. The third-order valence-corrected chi connectivity index (χ3v) is 4.46. The van der Waals surface area contributed by atoms with E-state index in [0.717, 1.165) is 31.0 Å². The van der Waals surface area contributed by atoms with Crippen LogP contribution in [0.5, 0.6) is 0 Å². The van der Waals surface area contributed by atoms with E-state index in [9.17, 15) is 4.79 Å². The van der Waals surface area contributed by atoms with Gasteiger partial charge in [0.2, 0.25) is 0 Å². The highest BCUT2D eigenvalue weighted by atomic mass is 16.2. The number of imidazole rings is 2. The van der Waals surface area contributed by atoms with Gasteiger partial charge >= 0.3 is 6.03 Å². The maximum absolute atomic E-state index is 12.5. The summed E-state index contributed by atoms with van der Waals surface area (Å²) in [6.45, 7) is 3.34.